The number of halogens is 2. The van der Waals surface area contributed by atoms with Crippen LogP contribution in [0.3, 0.4) is 0 Å². The number of rotatable bonds is 7. The molecule has 126 valence electrons. The molecule has 0 aliphatic heterocycles. The van der Waals surface area contributed by atoms with Crippen LogP contribution in [0.25, 0.3) is 0 Å². The van der Waals surface area contributed by atoms with Gasteiger partial charge in [0.25, 0.3) is 0 Å². The van der Waals surface area contributed by atoms with Crippen LogP contribution in [0, 0.1) is 0 Å². The molecule has 1 aromatic carbocycles. The summed E-state index contributed by atoms with van der Waals surface area (Å²) in [5.74, 6) is -2.53. The summed E-state index contributed by atoms with van der Waals surface area (Å²) in [5, 5.41) is -5.03. The van der Waals surface area contributed by atoms with Gasteiger partial charge in [-0.3, -0.25) is 9.35 Å². The van der Waals surface area contributed by atoms with Gasteiger partial charge in [0.05, 0.1) is 0 Å². The highest BCUT2D eigenvalue weighted by molar-refractivity contribution is 7.87. The quantitative estimate of drug-likeness (QED) is 0.459. The maximum atomic E-state index is 13.0. The molecule has 0 saturated carbocycles. The molecule has 6 nitrogen and oxygen atoms in total. The fourth-order valence-electron chi connectivity index (χ4n) is 1.43. The minimum atomic E-state index is -5.89. The molecule has 0 saturated heterocycles. The van der Waals surface area contributed by atoms with Crippen molar-refractivity contribution in [1.82, 2.24) is 0 Å². The van der Waals surface area contributed by atoms with Crippen LogP contribution in [-0.4, -0.2) is 30.0 Å². The topological polar surface area (TPSA) is 97.7 Å². The number of hydrogen-bond acceptors (Lipinski definition) is 5. The van der Waals surface area contributed by atoms with E-state index in [0.717, 1.165) is 0 Å². The van der Waals surface area contributed by atoms with Crippen LogP contribution >= 0.6 is 0 Å². The number of ketones is 1. The van der Waals surface area contributed by atoms with Gasteiger partial charge in [-0.1, -0.05) is 30.8 Å². The van der Waals surface area contributed by atoms with Gasteiger partial charge < -0.3 is 4.74 Å². The zero-order chi connectivity index (χ0) is 17.8. The summed E-state index contributed by atoms with van der Waals surface area (Å²) in [5.41, 5.74) is 1.35. The van der Waals surface area contributed by atoms with E-state index in [1.54, 1.807) is 6.92 Å². The van der Waals surface area contributed by atoms with Crippen molar-refractivity contribution in [2.24, 2.45) is 0 Å². The van der Waals surface area contributed by atoms with E-state index < -0.39 is 27.9 Å². The van der Waals surface area contributed by atoms with Crippen LogP contribution in [0.5, 0.6) is 0 Å². The first-order chi connectivity index (χ1) is 10.4. The molecule has 1 rings (SSSR count). The minimum absolute atomic E-state index is 0.121. The van der Waals surface area contributed by atoms with E-state index in [0.29, 0.717) is 16.7 Å². The third kappa shape index (κ3) is 4.93. The van der Waals surface area contributed by atoms with E-state index in [1.807, 2.05) is 0 Å². The first-order valence-electron chi connectivity index (χ1n) is 6.23. The van der Waals surface area contributed by atoms with E-state index in [1.165, 1.54) is 24.3 Å². The van der Waals surface area contributed by atoms with Crippen LogP contribution in [0.1, 0.15) is 18.1 Å². The fourth-order valence-corrected chi connectivity index (χ4v) is 1.70. The van der Waals surface area contributed by atoms with Gasteiger partial charge in [-0.2, -0.15) is 17.2 Å². The lowest BCUT2D eigenvalue weighted by molar-refractivity contribution is -0.162. The Morgan fingerprint density at radius 1 is 1.22 bits per heavy atom. The first kappa shape index (κ1) is 18.9. The number of benzene rings is 1. The summed E-state index contributed by atoms with van der Waals surface area (Å²) in [6, 6.07) is 5.93. The normalized spacial score (nSPS) is 11.8. The Bertz CT molecular complexity index is 722. The average Bonchev–Trinajstić information content (AvgIpc) is 2.44. The van der Waals surface area contributed by atoms with Crippen molar-refractivity contribution in [2.75, 3.05) is 0 Å². The number of esters is 1. The smallest absolute Gasteiger partial charge is 0.455 e. The SMILES string of the molecule is C=C(C)C(=O)Cc1ccc(COC(=O)C(F)(F)S(=O)(=O)O)cc1. The molecule has 0 spiro atoms. The van der Waals surface area contributed by atoms with E-state index >= 15 is 0 Å². The van der Waals surface area contributed by atoms with Crippen molar-refractivity contribution in [3.8, 4) is 0 Å². The largest absolute Gasteiger partial charge is 0.465 e. The predicted molar refractivity (Wildman–Crippen MR) is 76.3 cm³/mol. The monoisotopic (exact) mass is 348 g/mol. The number of carbonyl (C=O) groups excluding carboxylic acids is 2. The Labute approximate surface area is 131 Å². The van der Waals surface area contributed by atoms with Gasteiger partial charge in [0.1, 0.15) is 6.61 Å². The molecule has 9 heteroatoms. The van der Waals surface area contributed by atoms with Crippen LogP contribution in [0.4, 0.5) is 8.78 Å². The van der Waals surface area contributed by atoms with Crippen molar-refractivity contribution in [3.05, 3.63) is 47.5 Å². The van der Waals surface area contributed by atoms with Gasteiger partial charge in [0.2, 0.25) is 0 Å². The zero-order valence-electron chi connectivity index (χ0n) is 12.1. The second-order valence-corrected chi connectivity index (χ2v) is 6.23. The molecular weight excluding hydrogens is 334 g/mol. The highest BCUT2D eigenvalue weighted by Crippen LogP contribution is 2.22. The molecule has 1 N–H and O–H groups in total. The van der Waals surface area contributed by atoms with Crippen LogP contribution in [-0.2, 0) is 37.5 Å². The van der Waals surface area contributed by atoms with E-state index in [-0.39, 0.29) is 12.2 Å². The van der Waals surface area contributed by atoms with Crippen LogP contribution < -0.4 is 0 Å². The van der Waals surface area contributed by atoms with E-state index in [9.17, 15) is 26.8 Å². The standard InChI is InChI=1S/C14H14F2O6S/c1-9(2)12(17)7-10-3-5-11(6-4-10)8-22-13(18)14(15,16)23(19,20)21/h3-6H,1,7-8H2,2H3,(H,19,20,21). The molecular formula is C14H14F2O6S. The lowest BCUT2D eigenvalue weighted by Crippen LogP contribution is -2.38. The number of alkyl halides is 2. The van der Waals surface area contributed by atoms with Crippen molar-refractivity contribution < 1.29 is 36.1 Å². The third-order valence-corrected chi connectivity index (χ3v) is 3.61. The molecule has 0 unspecified atom stereocenters. The Hall–Kier alpha value is -2.13. The average molecular weight is 348 g/mol. The number of ether oxygens (including phenoxy) is 1. The highest BCUT2D eigenvalue weighted by Gasteiger charge is 2.54. The van der Waals surface area contributed by atoms with Crippen LogP contribution in [0.2, 0.25) is 0 Å². The predicted octanol–water partition coefficient (Wildman–Crippen LogP) is 1.90. The lowest BCUT2D eigenvalue weighted by Gasteiger charge is -2.12. The molecule has 0 atom stereocenters. The Kier molecular flexibility index (Phi) is 5.73. The van der Waals surface area contributed by atoms with Gasteiger partial charge in [-0.25, -0.2) is 4.79 Å². The molecule has 0 amide bonds. The molecule has 1 aromatic rings. The number of carbonyl (C=O) groups is 2. The maximum Gasteiger partial charge on any atom is 0.465 e. The minimum Gasteiger partial charge on any atom is -0.455 e. The zero-order valence-corrected chi connectivity index (χ0v) is 12.9. The second kappa shape index (κ2) is 6.97. The van der Waals surface area contributed by atoms with E-state index in [2.05, 4.69) is 11.3 Å². The second-order valence-electron chi connectivity index (χ2n) is 4.76. The number of allylic oxidation sites excluding steroid dienone is 1. The Morgan fingerprint density at radius 3 is 2.13 bits per heavy atom. The van der Waals surface area contributed by atoms with E-state index in [4.69, 9.17) is 4.55 Å². The van der Waals surface area contributed by atoms with Crippen LogP contribution in [0.15, 0.2) is 36.4 Å². The van der Waals surface area contributed by atoms with Gasteiger partial charge >= 0.3 is 21.3 Å². The molecule has 0 bridgehead atoms. The number of hydrogen-bond donors (Lipinski definition) is 1. The third-order valence-electron chi connectivity index (χ3n) is 2.80. The van der Waals surface area contributed by atoms with Gasteiger partial charge in [-0.05, 0) is 23.6 Å². The molecule has 0 aromatic heterocycles. The van der Waals surface area contributed by atoms with Crippen molar-refractivity contribution >= 4 is 21.9 Å². The molecule has 0 fully saturated rings. The summed E-state index contributed by atoms with van der Waals surface area (Å²) in [6.45, 7) is 4.48. The molecule has 23 heavy (non-hydrogen) atoms. The summed E-state index contributed by atoms with van der Waals surface area (Å²) in [6.07, 6.45) is 0.121. The van der Waals surface area contributed by atoms with Crippen molar-refractivity contribution in [3.63, 3.8) is 0 Å². The number of Topliss-reactive ketones (excluding diaryl/α,β-unsaturated/α-hetero) is 1. The lowest BCUT2D eigenvalue weighted by atomic mass is 10.0. The maximum absolute atomic E-state index is 13.0. The van der Waals surface area contributed by atoms with Gasteiger partial charge in [-0.15, -0.1) is 0 Å². The Morgan fingerprint density at radius 2 is 1.70 bits per heavy atom. The molecule has 0 radical (unpaired) electrons. The highest BCUT2D eigenvalue weighted by atomic mass is 32.2. The van der Waals surface area contributed by atoms with Crippen molar-refractivity contribution in [2.45, 2.75) is 25.2 Å². The molecule has 0 aliphatic carbocycles. The first-order valence-corrected chi connectivity index (χ1v) is 7.67. The Balaban J connectivity index is 2.68. The summed E-state index contributed by atoms with van der Waals surface area (Å²) < 4.78 is 59.1. The summed E-state index contributed by atoms with van der Waals surface area (Å²) in [7, 11) is -5.89. The molecule has 0 heterocycles. The summed E-state index contributed by atoms with van der Waals surface area (Å²) >= 11 is 0. The van der Waals surface area contributed by atoms with Gasteiger partial charge in [0.15, 0.2) is 5.78 Å². The molecule has 0 aliphatic rings. The van der Waals surface area contributed by atoms with Crippen molar-refractivity contribution in [1.29, 1.82) is 0 Å². The summed E-state index contributed by atoms with van der Waals surface area (Å²) in [4.78, 5) is 22.5. The fraction of sp³-hybridized carbons (Fsp3) is 0.286. The van der Waals surface area contributed by atoms with Gasteiger partial charge in [0, 0.05) is 6.42 Å².